The van der Waals surface area contributed by atoms with Crippen LogP contribution in [0.1, 0.15) is 19.9 Å². The van der Waals surface area contributed by atoms with Crippen LogP contribution in [0.4, 0.5) is 11.6 Å². The summed E-state index contributed by atoms with van der Waals surface area (Å²) in [6.07, 6.45) is 3.75. The number of anilines is 2. The van der Waals surface area contributed by atoms with Gasteiger partial charge in [-0.2, -0.15) is 0 Å². The van der Waals surface area contributed by atoms with E-state index >= 15 is 0 Å². The quantitative estimate of drug-likeness (QED) is 0.928. The number of ether oxygens (including phenoxy) is 1. The van der Waals surface area contributed by atoms with Crippen molar-refractivity contribution in [1.82, 2.24) is 9.55 Å². The van der Waals surface area contributed by atoms with Crippen molar-refractivity contribution in [2.24, 2.45) is 0 Å². The van der Waals surface area contributed by atoms with E-state index in [0.717, 1.165) is 21.9 Å². The number of rotatable bonds is 4. The van der Waals surface area contributed by atoms with E-state index in [1.165, 1.54) is 0 Å². The molecule has 0 unspecified atom stereocenters. The van der Waals surface area contributed by atoms with Crippen LogP contribution in [-0.4, -0.2) is 16.7 Å². The van der Waals surface area contributed by atoms with Crippen LogP contribution in [0.5, 0.6) is 5.75 Å². The molecule has 5 heteroatoms. The summed E-state index contributed by atoms with van der Waals surface area (Å²) in [7, 11) is 1.65. The Hall–Kier alpha value is -1.49. The second-order valence-electron chi connectivity index (χ2n) is 4.22. The standard InChI is InChI=1S/C13H16BrN3O/c1-9(2)17-7-6-15-13(17)16-12-8-10(18-3)4-5-11(12)14/h4-9H,1-3H3,(H,15,16). The highest BCUT2D eigenvalue weighted by atomic mass is 79.9. The summed E-state index contributed by atoms with van der Waals surface area (Å²) in [5, 5.41) is 3.30. The molecule has 0 radical (unpaired) electrons. The number of halogens is 1. The summed E-state index contributed by atoms with van der Waals surface area (Å²) >= 11 is 3.51. The van der Waals surface area contributed by atoms with E-state index in [9.17, 15) is 0 Å². The first kappa shape index (κ1) is 13.0. The molecule has 18 heavy (non-hydrogen) atoms. The first-order chi connectivity index (χ1) is 8.61. The highest BCUT2D eigenvalue weighted by Gasteiger charge is 2.08. The van der Waals surface area contributed by atoms with Gasteiger partial charge in [0, 0.05) is 29.0 Å². The number of aromatic nitrogens is 2. The highest BCUT2D eigenvalue weighted by Crippen LogP contribution is 2.29. The fraction of sp³-hybridized carbons (Fsp3) is 0.308. The third kappa shape index (κ3) is 2.67. The lowest BCUT2D eigenvalue weighted by Gasteiger charge is -2.14. The summed E-state index contributed by atoms with van der Waals surface area (Å²) in [5.74, 6) is 1.63. The maximum atomic E-state index is 5.22. The molecule has 1 N–H and O–H groups in total. The first-order valence-corrected chi connectivity index (χ1v) is 6.54. The van der Waals surface area contributed by atoms with E-state index in [0.29, 0.717) is 6.04 Å². The fourth-order valence-electron chi connectivity index (χ4n) is 1.67. The maximum Gasteiger partial charge on any atom is 0.207 e. The predicted molar refractivity (Wildman–Crippen MR) is 76.6 cm³/mol. The van der Waals surface area contributed by atoms with Crippen molar-refractivity contribution >= 4 is 27.6 Å². The van der Waals surface area contributed by atoms with Crippen LogP contribution in [-0.2, 0) is 0 Å². The molecule has 0 spiro atoms. The molecule has 1 aromatic heterocycles. The summed E-state index contributed by atoms with van der Waals surface area (Å²) in [4.78, 5) is 4.32. The zero-order valence-corrected chi connectivity index (χ0v) is 12.2. The Morgan fingerprint density at radius 3 is 2.83 bits per heavy atom. The van der Waals surface area contributed by atoms with Gasteiger partial charge in [0.1, 0.15) is 5.75 Å². The fourth-order valence-corrected chi connectivity index (χ4v) is 2.02. The molecule has 1 heterocycles. The molecule has 4 nitrogen and oxygen atoms in total. The van der Waals surface area contributed by atoms with Crippen molar-refractivity contribution in [1.29, 1.82) is 0 Å². The van der Waals surface area contributed by atoms with Crippen LogP contribution in [0.3, 0.4) is 0 Å². The van der Waals surface area contributed by atoms with Crippen LogP contribution in [0.2, 0.25) is 0 Å². The third-order valence-corrected chi connectivity index (χ3v) is 3.34. The lowest BCUT2D eigenvalue weighted by Crippen LogP contribution is -2.05. The van der Waals surface area contributed by atoms with E-state index in [1.807, 2.05) is 24.4 Å². The Kier molecular flexibility index (Phi) is 3.91. The van der Waals surface area contributed by atoms with Gasteiger partial charge >= 0.3 is 0 Å². The van der Waals surface area contributed by atoms with E-state index in [4.69, 9.17) is 4.74 Å². The molecule has 0 fully saturated rings. The zero-order chi connectivity index (χ0) is 13.1. The molecular formula is C13H16BrN3O. The van der Waals surface area contributed by atoms with Crippen molar-refractivity contribution in [3.05, 3.63) is 35.1 Å². The molecular weight excluding hydrogens is 294 g/mol. The minimum atomic E-state index is 0.361. The van der Waals surface area contributed by atoms with Gasteiger partial charge in [-0.25, -0.2) is 4.98 Å². The van der Waals surface area contributed by atoms with Crippen molar-refractivity contribution in [2.75, 3.05) is 12.4 Å². The average molecular weight is 310 g/mol. The van der Waals surface area contributed by atoms with Gasteiger partial charge in [0.15, 0.2) is 0 Å². The Morgan fingerprint density at radius 1 is 1.39 bits per heavy atom. The molecule has 0 aliphatic carbocycles. The van der Waals surface area contributed by atoms with Crippen LogP contribution < -0.4 is 10.1 Å². The number of methoxy groups -OCH3 is 1. The van der Waals surface area contributed by atoms with Crippen molar-refractivity contribution < 1.29 is 4.74 Å². The van der Waals surface area contributed by atoms with E-state index < -0.39 is 0 Å². The molecule has 1 aromatic carbocycles. The zero-order valence-electron chi connectivity index (χ0n) is 10.6. The molecule has 0 amide bonds. The summed E-state index contributed by atoms with van der Waals surface area (Å²) in [6, 6.07) is 6.15. The molecule has 96 valence electrons. The van der Waals surface area contributed by atoms with E-state index in [2.05, 4.69) is 44.6 Å². The second kappa shape index (κ2) is 5.44. The smallest absolute Gasteiger partial charge is 0.207 e. The first-order valence-electron chi connectivity index (χ1n) is 5.75. The molecule has 0 saturated carbocycles. The number of nitrogens with zero attached hydrogens (tertiary/aromatic N) is 2. The average Bonchev–Trinajstić information content (AvgIpc) is 2.80. The predicted octanol–water partition coefficient (Wildman–Crippen LogP) is 3.98. The molecule has 2 rings (SSSR count). The Bertz CT molecular complexity index is 537. The van der Waals surface area contributed by atoms with Gasteiger partial charge in [-0.3, -0.25) is 0 Å². The van der Waals surface area contributed by atoms with Gasteiger partial charge in [-0.05, 0) is 41.9 Å². The lowest BCUT2D eigenvalue weighted by atomic mass is 10.3. The van der Waals surface area contributed by atoms with Crippen molar-refractivity contribution in [3.63, 3.8) is 0 Å². The Morgan fingerprint density at radius 2 is 2.17 bits per heavy atom. The van der Waals surface area contributed by atoms with E-state index in [1.54, 1.807) is 13.3 Å². The number of benzene rings is 1. The van der Waals surface area contributed by atoms with Crippen LogP contribution >= 0.6 is 15.9 Å². The maximum absolute atomic E-state index is 5.22. The molecule has 0 aliphatic heterocycles. The SMILES string of the molecule is COc1ccc(Br)c(Nc2nccn2C(C)C)c1. The van der Waals surface area contributed by atoms with E-state index in [-0.39, 0.29) is 0 Å². The highest BCUT2D eigenvalue weighted by molar-refractivity contribution is 9.10. The minimum Gasteiger partial charge on any atom is -0.497 e. The molecule has 2 aromatic rings. The van der Waals surface area contributed by atoms with Gasteiger partial charge in [0.05, 0.1) is 12.8 Å². The largest absolute Gasteiger partial charge is 0.497 e. The van der Waals surface area contributed by atoms with Gasteiger partial charge < -0.3 is 14.6 Å². The Balaban J connectivity index is 2.30. The molecule has 0 bridgehead atoms. The summed E-state index contributed by atoms with van der Waals surface area (Å²) in [6.45, 7) is 4.24. The van der Waals surface area contributed by atoms with Crippen LogP contribution in [0, 0.1) is 0 Å². The van der Waals surface area contributed by atoms with Crippen molar-refractivity contribution in [2.45, 2.75) is 19.9 Å². The normalized spacial score (nSPS) is 10.7. The monoisotopic (exact) mass is 309 g/mol. The number of imidazole rings is 1. The number of hydrogen-bond donors (Lipinski definition) is 1. The Labute approximate surface area is 115 Å². The molecule has 0 aliphatic rings. The van der Waals surface area contributed by atoms with Gasteiger partial charge in [-0.1, -0.05) is 0 Å². The lowest BCUT2D eigenvalue weighted by molar-refractivity contribution is 0.415. The summed E-state index contributed by atoms with van der Waals surface area (Å²) in [5.41, 5.74) is 0.933. The molecule has 0 saturated heterocycles. The van der Waals surface area contributed by atoms with Crippen LogP contribution in [0.15, 0.2) is 35.1 Å². The third-order valence-electron chi connectivity index (χ3n) is 2.64. The van der Waals surface area contributed by atoms with Crippen LogP contribution in [0.25, 0.3) is 0 Å². The number of nitrogens with one attached hydrogen (secondary N) is 1. The summed E-state index contributed by atoms with van der Waals surface area (Å²) < 4.78 is 8.27. The van der Waals surface area contributed by atoms with Gasteiger partial charge in [0.2, 0.25) is 5.95 Å². The van der Waals surface area contributed by atoms with Gasteiger partial charge in [0.25, 0.3) is 0 Å². The minimum absolute atomic E-state index is 0.361. The number of hydrogen-bond acceptors (Lipinski definition) is 3. The van der Waals surface area contributed by atoms with Gasteiger partial charge in [-0.15, -0.1) is 0 Å². The van der Waals surface area contributed by atoms with Crippen molar-refractivity contribution in [3.8, 4) is 5.75 Å². The topological polar surface area (TPSA) is 39.1 Å². The molecule has 0 atom stereocenters. The second-order valence-corrected chi connectivity index (χ2v) is 5.08.